The summed E-state index contributed by atoms with van der Waals surface area (Å²) in [6.07, 6.45) is 0. The molecular weight excluding hydrogens is 256 g/mol. The van der Waals surface area contributed by atoms with E-state index in [4.69, 9.17) is 23.2 Å². The first-order valence-corrected chi connectivity index (χ1v) is 5.02. The zero-order valence-corrected chi connectivity index (χ0v) is 10.00. The van der Waals surface area contributed by atoms with Gasteiger partial charge in [-0.05, 0) is 12.1 Å². The van der Waals surface area contributed by atoms with Gasteiger partial charge in [0.25, 0.3) is 0 Å². The quantitative estimate of drug-likeness (QED) is 0.709. The first-order valence-electron chi connectivity index (χ1n) is 4.27. The van der Waals surface area contributed by atoms with E-state index in [1.165, 1.54) is 0 Å². The Kier molecular flexibility index (Phi) is 4.51. The molecule has 82 valence electrons. The van der Waals surface area contributed by atoms with E-state index in [-0.39, 0.29) is 12.4 Å². The molecule has 0 spiro atoms. The molecule has 0 unspecified atom stereocenters. The minimum absolute atomic E-state index is 0. The molecule has 1 aliphatic rings. The predicted octanol–water partition coefficient (Wildman–Crippen LogP) is -0.632. The Balaban J connectivity index is 0.00000112. The van der Waals surface area contributed by atoms with Gasteiger partial charge in [0.05, 0.1) is 22.3 Å². The Morgan fingerprint density at radius 3 is 2.47 bits per heavy atom. The number of hydrogen-bond donors (Lipinski definition) is 2. The van der Waals surface area contributed by atoms with Gasteiger partial charge in [0.15, 0.2) is 5.96 Å². The lowest BCUT2D eigenvalue weighted by Gasteiger charge is -2.09. The third-order valence-corrected chi connectivity index (χ3v) is 2.51. The minimum atomic E-state index is 0. The average molecular weight is 266 g/mol. The molecule has 0 saturated carbocycles. The van der Waals surface area contributed by atoms with Crippen LogP contribution >= 0.6 is 23.2 Å². The first-order chi connectivity index (χ1) is 6.77. The van der Waals surface area contributed by atoms with Crippen molar-refractivity contribution in [1.29, 1.82) is 0 Å². The highest BCUT2D eigenvalue weighted by molar-refractivity contribution is 6.39. The van der Waals surface area contributed by atoms with Crippen LogP contribution < -0.4 is 23.0 Å². The third-order valence-electron chi connectivity index (χ3n) is 1.88. The summed E-state index contributed by atoms with van der Waals surface area (Å²) in [6, 6.07) is 5.37. The highest BCUT2D eigenvalue weighted by Crippen LogP contribution is 2.29. The van der Waals surface area contributed by atoms with Gasteiger partial charge in [0.1, 0.15) is 0 Å². The fourth-order valence-electron chi connectivity index (χ4n) is 1.22. The standard InChI is InChI=1S/C9H9Cl2N3.ClH/c10-6-2-1-3-7(11)8(6)14-9-12-4-5-13-9;/h1-3H,4-5H2,(H2,12,13,14);1H/p-1. The lowest BCUT2D eigenvalue weighted by molar-refractivity contribution is -0.00000270. The Bertz CT molecular complexity index is 359. The molecule has 6 heteroatoms. The van der Waals surface area contributed by atoms with Gasteiger partial charge in [-0.3, -0.25) is 4.99 Å². The molecule has 0 aliphatic carbocycles. The van der Waals surface area contributed by atoms with Crippen LogP contribution in [0.4, 0.5) is 5.69 Å². The normalized spacial score (nSPS) is 13.9. The van der Waals surface area contributed by atoms with Gasteiger partial charge in [-0.15, -0.1) is 0 Å². The molecule has 1 aliphatic heterocycles. The maximum atomic E-state index is 5.98. The van der Waals surface area contributed by atoms with Crippen molar-refractivity contribution in [3.05, 3.63) is 28.2 Å². The maximum absolute atomic E-state index is 5.98. The molecule has 0 amide bonds. The summed E-state index contributed by atoms with van der Waals surface area (Å²) in [5.74, 6) is 0.722. The first kappa shape index (κ1) is 12.4. The molecule has 0 bridgehead atoms. The monoisotopic (exact) mass is 264 g/mol. The summed E-state index contributed by atoms with van der Waals surface area (Å²) >= 11 is 12.0. The van der Waals surface area contributed by atoms with Crippen LogP contribution in [0.1, 0.15) is 0 Å². The topological polar surface area (TPSA) is 36.4 Å². The Labute approximate surface area is 104 Å². The Hall–Kier alpha value is -0.640. The number of benzene rings is 1. The van der Waals surface area contributed by atoms with E-state index in [1.807, 2.05) is 0 Å². The van der Waals surface area contributed by atoms with Crippen LogP contribution in [-0.2, 0) is 0 Å². The van der Waals surface area contributed by atoms with Crippen LogP contribution in [-0.4, -0.2) is 19.0 Å². The van der Waals surface area contributed by atoms with E-state index in [0.29, 0.717) is 15.7 Å². The van der Waals surface area contributed by atoms with Gasteiger partial charge >= 0.3 is 0 Å². The molecule has 15 heavy (non-hydrogen) atoms. The van der Waals surface area contributed by atoms with E-state index in [9.17, 15) is 0 Å². The summed E-state index contributed by atoms with van der Waals surface area (Å²) in [5, 5.41) is 7.32. The number of rotatable bonds is 1. The van der Waals surface area contributed by atoms with E-state index in [1.54, 1.807) is 18.2 Å². The molecule has 2 rings (SSSR count). The largest absolute Gasteiger partial charge is 1.00 e. The highest BCUT2D eigenvalue weighted by atomic mass is 35.5. The number of hydrogen-bond acceptors (Lipinski definition) is 3. The van der Waals surface area contributed by atoms with Crippen LogP contribution in [0.25, 0.3) is 0 Å². The SMILES string of the molecule is Clc1cccc(Cl)c1NC1=NCCN1.[Cl-]. The van der Waals surface area contributed by atoms with E-state index < -0.39 is 0 Å². The molecule has 1 heterocycles. The van der Waals surface area contributed by atoms with Crippen molar-refractivity contribution in [1.82, 2.24) is 5.32 Å². The second-order valence-corrected chi connectivity index (χ2v) is 3.69. The van der Waals surface area contributed by atoms with E-state index >= 15 is 0 Å². The summed E-state index contributed by atoms with van der Waals surface area (Å²) in [7, 11) is 0. The van der Waals surface area contributed by atoms with Gasteiger partial charge < -0.3 is 23.0 Å². The Morgan fingerprint density at radius 1 is 1.27 bits per heavy atom. The number of anilines is 1. The van der Waals surface area contributed by atoms with Crippen molar-refractivity contribution < 1.29 is 12.4 Å². The smallest absolute Gasteiger partial charge is 0.196 e. The second kappa shape index (κ2) is 5.45. The summed E-state index contributed by atoms with van der Waals surface area (Å²) in [5.41, 5.74) is 0.698. The fraction of sp³-hybridized carbons (Fsp3) is 0.222. The number of guanidine groups is 1. The fourth-order valence-corrected chi connectivity index (χ4v) is 1.71. The van der Waals surface area contributed by atoms with Gasteiger partial charge in [-0.1, -0.05) is 29.3 Å². The zero-order valence-electron chi connectivity index (χ0n) is 7.73. The van der Waals surface area contributed by atoms with Gasteiger partial charge in [0.2, 0.25) is 0 Å². The van der Waals surface area contributed by atoms with Crippen LogP contribution in [0, 0.1) is 0 Å². The Morgan fingerprint density at radius 2 is 1.93 bits per heavy atom. The lowest BCUT2D eigenvalue weighted by atomic mass is 10.3. The number of para-hydroxylation sites is 1. The van der Waals surface area contributed by atoms with Crippen molar-refractivity contribution in [2.24, 2.45) is 4.99 Å². The predicted molar refractivity (Wildman–Crippen MR) is 60.4 cm³/mol. The number of halogens is 3. The summed E-state index contributed by atoms with van der Waals surface area (Å²) in [4.78, 5) is 4.19. The lowest BCUT2D eigenvalue weighted by Crippen LogP contribution is -3.00. The second-order valence-electron chi connectivity index (χ2n) is 2.88. The maximum Gasteiger partial charge on any atom is 0.196 e. The molecule has 0 fully saturated rings. The van der Waals surface area contributed by atoms with Crippen LogP contribution in [0.2, 0.25) is 10.0 Å². The van der Waals surface area contributed by atoms with E-state index in [0.717, 1.165) is 19.0 Å². The molecule has 0 aromatic heterocycles. The number of nitrogens with one attached hydrogen (secondary N) is 2. The summed E-state index contributed by atoms with van der Waals surface area (Å²) < 4.78 is 0. The molecule has 3 nitrogen and oxygen atoms in total. The highest BCUT2D eigenvalue weighted by Gasteiger charge is 2.09. The average Bonchev–Trinajstić information content (AvgIpc) is 2.64. The molecule has 1 aromatic carbocycles. The van der Waals surface area contributed by atoms with Crippen LogP contribution in [0.3, 0.4) is 0 Å². The molecule has 0 radical (unpaired) electrons. The van der Waals surface area contributed by atoms with Crippen molar-refractivity contribution in [2.45, 2.75) is 0 Å². The van der Waals surface area contributed by atoms with Crippen molar-refractivity contribution >= 4 is 34.8 Å². The number of aliphatic imine (C=N–C) groups is 1. The summed E-state index contributed by atoms with van der Waals surface area (Å²) in [6.45, 7) is 1.63. The van der Waals surface area contributed by atoms with E-state index in [2.05, 4.69) is 15.6 Å². The van der Waals surface area contributed by atoms with Crippen molar-refractivity contribution in [2.75, 3.05) is 18.4 Å². The van der Waals surface area contributed by atoms with Crippen LogP contribution in [0.15, 0.2) is 23.2 Å². The van der Waals surface area contributed by atoms with Crippen molar-refractivity contribution in [3.63, 3.8) is 0 Å². The molecule has 2 N–H and O–H groups in total. The molecule has 0 atom stereocenters. The minimum Gasteiger partial charge on any atom is -1.00 e. The number of nitrogens with zero attached hydrogens (tertiary/aromatic N) is 1. The van der Waals surface area contributed by atoms with Crippen molar-refractivity contribution in [3.8, 4) is 0 Å². The van der Waals surface area contributed by atoms with Gasteiger partial charge in [-0.25, -0.2) is 0 Å². The van der Waals surface area contributed by atoms with Crippen LogP contribution in [0.5, 0.6) is 0 Å². The van der Waals surface area contributed by atoms with Gasteiger partial charge in [-0.2, -0.15) is 0 Å². The molecule has 1 aromatic rings. The van der Waals surface area contributed by atoms with Gasteiger partial charge in [0, 0.05) is 6.54 Å². The third kappa shape index (κ3) is 2.91. The molecular formula is C9H9Cl3N3-. The zero-order chi connectivity index (χ0) is 9.97. The molecule has 0 saturated heterocycles.